The summed E-state index contributed by atoms with van der Waals surface area (Å²) in [6.07, 6.45) is 0.405. The second kappa shape index (κ2) is 21.0. The molecule has 2 atom stereocenters. The Labute approximate surface area is 273 Å². The minimum atomic E-state index is -1.06. The molecular weight excluding hydrogens is 592 g/mol. The smallest absolute Gasteiger partial charge is 0.480 e. The van der Waals surface area contributed by atoms with Crippen molar-refractivity contribution in [3.63, 3.8) is 0 Å². The molecule has 0 aliphatic carbocycles. The van der Waals surface area contributed by atoms with Gasteiger partial charge in [0.15, 0.2) is 0 Å². The van der Waals surface area contributed by atoms with E-state index in [0.29, 0.717) is 17.7 Å². The highest BCUT2D eigenvalue weighted by Gasteiger charge is 2.22. The largest absolute Gasteiger partial charge is 0.516 e. The number of aliphatic carboxylic acids is 1. The Bertz CT molecular complexity index is 1390. The lowest BCUT2D eigenvalue weighted by atomic mass is 10.0. The summed E-state index contributed by atoms with van der Waals surface area (Å²) in [7, 11) is 3.50. The molecule has 0 unspecified atom stereocenters. The van der Waals surface area contributed by atoms with Crippen LogP contribution >= 0.6 is 0 Å². The first-order chi connectivity index (χ1) is 20.9. The number of esters is 1. The first-order valence-electron chi connectivity index (χ1n) is 14.1. The van der Waals surface area contributed by atoms with Crippen LogP contribution < -0.4 is 5.73 Å². The predicted molar refractivity (Wildman–Crippen MR) is 181 cm³/mol. The van der Waals surface area contributed by atoms with Crippen LogP contribution in [-0.2, 0) is 25.7 Å². The zero-order valence-electron chi connectivity index (χ0n) is 25.4. The summed E-state index contributed by atoms with van der Waals surface area (Å²) in [5, 5.41) is 19.7. The topological polar surface area (TPSA) is 166 Å². The normalized spacial score (nSPS) is 11.5. The zero-order chi connectivity index (χ0) is 32.6. The van der Waals surface area contributed by atoms with Gasteiger partial charge in [-0.3, -0.25) is 29.5 Å². The van der Waals surface area contributed by atoms with Crippen molar-refractivity contribution in [2.75, 3.05) is 32.9 Å². The van der Waals surface area contributed by atoms with Gasteiger partial charge in [-0.25, -0.2) is 4.79 Å². The predicted octanol–water partition coefficient (Wildman–Crippen LogP) is 7.11. The van der Waals surface area contributed by atoms with Gasteiger partial charge in [-0.2, -0.15) is 0 Å². The fourth-order valence-electron chi connectivity index (χ4n) is 4.72. The molecule has 3 aromatic rings. The second-order valence-electron chi connectivity index (χ2n) is 10.1. The number of anilines is 1. The molecule has 12 nitrogen and oxygen atoms in total. The number of nitrogens with zero attached hydrogens (tertiary/aromatic N) is 3. The summed E-state index contributed by atoms with van der Waals surface area (Å²) < 4.78 is 9.60. The van der Waals surface area contributed by atoms with Gasteiger partial charge in [-0.05, 0) is 55.8 Å². The molecule has 3 aromatic carbocycles. The van der Waals surface area contributed by atoms with E-state index in [1.165, 1.54) is 12.1 Å². The van der Waals surface area contributed by atoms with Gasteiger partial charge in [0.05, 0.1) is 18.0 Å². The highest BCUT2D eigenvalue weighted by atomic mass is 16.7. The molecule has 0 amide bonds. The maximum absolute atomic E-state index is 12.0. The molecule has 0 aliphatic heterocycles. The highest BCUT2D eigenvalue weighted by molar-refractivity contribution is 5.83. The average Bonchev–Trinajstić information content (AvgIpc) is 2.97. The molecule has 0 radical (unpaired) electrons. The molecule has 0 saturated heterocycles. The molecule has 3 rings (SSSR count). The molecule has 254 valence electrons. The van der Waals surface area contributed by atoms with Gasteiger partial charge in [0.2, 0.25) is 0 Å². The van der Waals surface area contributed by atoms with Crippen molar-refractivity contribution in [1.29, 1.82) is 0 Å². The Morgan fingerprint density at radius 2 is 1.41 bits per heavy atom. The third-order valence-corrected chi connectivity index (χ3v) is 6.76. The van der Waals surface area contributed by atoms with E-state index in [9.17, 15) is 24.5 Å². The summed E-state index contributed by atoms with van der Waals surface area (Å²) in [5.74, 6) is -1.57. The molecule has 0 fully saturated rings. The molecule has 46 heavy (non-hydrogen) atoms. The number of non-ortho nitro benzene ring substituents is 1. The standard InChI is InChI=1S/C20H22N2O6.C12H18N2O2.2CH4.H2/c1-3-18(16-10-7-11-17(12-16)22(25)26)21(2)13-19(23)28-20(24)27-14-15-8-5-4-6-9-15;1-3-11(14(2)8-12(15)16)9-5-4-6-10(13)7-9;;;/h4-12,18H,3,13-14H2,1-2H3;4-7,11H,3,8,13H2,1-2H3,(H,15,16);2*1H4;1H/t18-;11-;;;/m11.../s1. The summed E-state index contributed by atoms with van der Waals surface area (Å²) in [6.45, 7) is 3.81. The third-order valence-electron chi connectivity index (χ3n) is 6.76. The summed E-state index contributed by atoms with van der Waals surface area (Å²) >= 11 is 0. The number of hydrogen-bond acceptors (Lipinski definition) is 10. The van der Waals surface area contributed by atoms with Crippen LogP contribution in [0, 0.1) is 10.1 Å². The number of hydrogen-bond donors (Lipinski definition) is 2. The fraction of sp³-hybridized carbons (Fsp3) is 0.382. The van der Waals surface area contributed by atoms with Gasteiger partial charge in [-0.15, -0.1) is 0 Å². The third kappa shape index (κ3) is 13.9. The highest BCUT2D eigenvalue weighted by Crippen LogP contribution is 2.26. The lowest BCUT2D eigenvalue weighted by Gasteiger charge is -2.26. The van der Waals surface area contributed by atoms with E-state index in [0.717, 1.165) is 17.5 Å². The minimum Gasteiger partial charge on any atom is -0.480 e. The monoisotopic (exact) mass is 642 g/mol. The molecule has 0 aromatic heterocycles. The van der Waals surface area contributed by atoms with Crippen LogP contribution in [0.15, 0.2) is 78.9 Å². The number of ether oxygens (including phenoxy) is 2. The maximum Gasteiger partial charge on any atom is 0.516 e. The van der Waals surface area contributed by atoms with E-state index in [1.54, 1.807) is 36.2 Å². The average molecular weight is 643 g/mol. The molecule has 0 spiro atoms. The fourth-order valence-corrected chi connectivity index (χ4v) is 4.72. The number of rotatable bonds is 13. The van der Waals surface area contributed by atoms with Crippen LogP contribution in [0.2, 0.25) is 0 Å². The number of carboxylic acids is 1. The number of nitrogens with two attached hydrogens (primary N) is 1. The molecule has 0 bridgehead atoms. The Kier molecular flexibility index (Phi) is 18.8. The molecule has 0 heterocycles. The van der Waals surface area contributed by atoms with Gasteiger partial charge in [0.1, 0.15) is 6.61 Å². The lowest BCUT2D eigenvalue weighted by Crippen LogP contribution is -2.32. The minimum absolute atomic E-state index is 0. The van der Waals surface area contributed by atoms with Gasteiger partial charge in [0, 0.05) is 31.3 Å². The first kappa shape index (κ1) is 41.2. The number of benzene rings is 3. The number of likely N-dealkylation sites (N-methyl/N-ethyl adjacent to an activating group) is 2. The Morgan fingerprint density at radius 3 is 1.93 bits per heavy atom. The summed E-state index contributed by atoms with van der Waals surface area (Å²) in [5.41, 5.74) is 8.96. The van der Waals surface area contributed by atoms with Crippen molar-refractivity contribution < 1.29 is 35.3 Å². The van der Waals surface area contributed by atoms with Crippen molar-refractivity contribution >= 4 is 29.5 Å². The van der Waals surface area contributed by atoms with E-state index in [2.05, 4.69) is 4.74 Å². The number of nitro benzene ring substituents is 1. The van der Waals surface area contributed by atoms with Crippen molar-refractivity contribution in [2.45, 2.75) is 60.2 Å². The van der Waals surface area contributed by atoms with Gasteiger partial charge in [-0.1, -0.05) is 83.3 Å². The Balaban J connectivity index is 0. The molecular formula is C34H50N4O8. The molecule has 0 aliphatic rings. The Morgan fingerprint density at radius 1 is 0.870 bits per heavy atom. The van der Waals surface area contributed by atoms with Crippen LogP contribution in [0.25, 0.3) is 0 Å². The Hall–Kier alpha value is -4.81. The number of carboxylic acid groups (broad SMARTS) is 1. The molecule has 12 heteroatoms. The number of carbonyl (C=O) groups is 3. The van der Waals surface area contributed by atoms with E-state index in [1.807, 2.05) is 68.3 Å². The van der Waals surface area contributed by atoms with E-state index >= 15 is 0 Å². The van der Waals surface area contributed by atoms with Gasteiger partial charge >= 0.3 is 18.1 Å². The van der Waals surface area contributed by atoms with Crippen molar-refractivity contribution in [2.24, 2.45) is 0 Å². The number of carbonyl (C=O) groups excluding carboxylic acids is 2. The van der Waals surface area contributed by atoms with Crippen LogP contribution in [0.3, 0.4) is 0 Å². The van der Waals surface area contributed by atoms with Crippen LogP contribution in [-0.4, -0.2) is 65.1 Å². The van der Waals surface area contributed by atoms with Crippen molar-refractivity contribution in [3.05, 3.63) is 106 Å². The van der Waals surface area contributed by atoms with Crippen LogP contribution in [0.4, 0.5) is 16.2 Å². The van der Waals surface area contributed by atoms with E-state index in [-0.39, 0.29) is 53.7 Å². The molecule has 3 N–H and O–H groups in total. The van der Waals surface area contributed by atoms with E-state index < -0.39 is 23.0 Å². The van der Waals surface area contributed by atoms with Gasteiger partial charge < -0.3 is 20.3 Å². The molecule has 0 saturated carbocycles. The maximum atomic E-state index is 12.0. The number of nitro groups is 1. The first-order valence-corrected chi connectivity index (χ1v) is 14.1. The SMILES string of the molecule is C.C.CC[C@H](c1cccc(N)c1)N(C)CC(=O)O.CC[C@H](c1cccc([N+](=O)[O-])c1)N(C)CC(=O)OC(=O)OCc1ccccc1.[HH]. The van der Waals surface area contributed by atoms with Crippen LogP contribution in [0.5, 0.6) is 0 Å². The summed E-state index contributed by atoms with van der Waals surface area (Å²) in [6, 6.07) is 22.7. The van der Waals surface area contributed by atoms with Gasteiger partial charge in [0.25, 0.3) is 5.69 Å². The zero-order valence-corrected chi connectivity index (χ0v) is 25.4. The van der Waals surface area contributed by atoms with Crippen LogP contribution in [0.1, 0.15) is 71.7 Å². The number of nitrogen functional groups attached to an aromatic ring is 1. The quantitative estimate of drug-likeness (QED) is 0.0641. The summed E-state index contributed by atoms with van der Waals surface area (Å²) in [4.78, 5) is 48.4. The lowest BCUT2D eigenvalue weighted by molar-refractivity contribution is -0.385. The second-order valence-corrected chi connectivity index (χ2v) is 10.1. The van der Waals surface area contributed by atoms with E-state index in [4.69, 9.17) is 15.6 Å². The van der Waals surface area contributed by atoms with Crippen molar-refractivity contribution in [1.82, 2.24) is 9.80 Å². The van der Waals surface area contributed by atoms with Crippen molar-refractivity contribution in [3.8, 4) is 0 Å².